The van der Waals surface area contributed by atoms with Crippen LogP contribution in [0.2, 0.25) is 0 Å². The molecule has 0 spiro atoms. The highest BCUT2D eigenvalue weighted by Gasteiger charge is 2.18. The summed E-state index contributed by atoms with van der Waals surface area (Å²) in [5.74, 6) is 0. The molecule has 0 fully saturated rings. The van der Waals surface area contributed by atoms with E-state index in [1.807, 2.05) is 13.0 Å². The summed E-state index contributed by atoms with van der Waals surface area (Å²) in [7, 11) is 0. The van der Waals surface area contributed by atoms with Gasteiger partial charge in [0, 0.05) is 12.2 Å². The molecule has 7 heteroatoms. The van der Waals surface area contributed by atoms with Gasteiger partial charge < -0.3 is 5.32 Å². The fourth-order valence-electron chi connectivity index (χ4n) is 2.10. The Labute approximate surface area is 121 Å². The Morgan fingerprint density at radius 3 is 2.95 bits per heavy atom. The minimum Gasteiger partial charge on any atom is -0.379 e. The molecule has 0 atom stereocenters. The number of nitrogens with one attached hydrogen (secondary N) is 2. The molecule has 21 heavy (non-hydrogen) atoms. The smallest absolute Gasteiger partial charge is 0.309 e. The van der Waals surface area contributed by atoms with Crippen molar-refractivity contribution in [2.45, 2.75) is 19.8 Å². The molecule has 2 aromatic rings. The van der Waals surface area contributed by atoms with Crippen molar-refractivity contribution in [1.29, 1.82) is 5.26 Å². The Morgan fingerprint density at radius 2 is 2.33 bits per heavy atom. The Bertz CT molecular complexity index is 687. The van der Waals surface area contributed by atoms with Crippen molar-refractivity contribution in [1.82, 2.24) is 10.2 Å². The van der Waals surface area contributed by atoms with Crippen molar-refractivity contribution in [2.75, 3.05) is 11.9 Å². The lowest BCUT2D eigenvalue weighted by Crippen LogP contribution is -2.06. The molecule has 108 valence electrons. The molecule has 0 bridgehead atoms. The largest absolute Gasteiger partial charge is 0.379 e. The number of benzene rings is 1. The van der Waals surface area contributed by atoms with Gasteiger partial charge in [0.15, 0.2) is 0 Å². The molecule has 7 nitrogen and oxygen atoms in total. The van der Waals surface area contributed by atoms with E-state index >= 15 is 0 Å². The number of aromatic nitrogens is 2. The zero-order valence-electron chi connectivity index (χ0n) is 11.6. The lowest BCUT2D eigenvalue weighted by atomic mass is 10.1. The molecule has 1 heterocycles. The van der Waals surface area contributed by atoms with Gasteiger partial charge in [0.25, 0.3) is 0 Å². The monoisotopic (exact) mass is 285 g/mol. The zero-order valence-corrected chi connectivity index (χ0v) is 11.6. The Kier molecular flexibility index (Phi) is 4.51. The number of aryl methyl sites for hydroxylation is 2. The molecule has 0 aliphatic rings. The van der Waals surface area contributed by atoms with Gasteiger partial charge in [0.05, 0.1) is 11.1 Å². The van der Waals surface area contributed by atoms with Crippen molar-refractivity contribution >= 4 is 11.4 Å². The normalized spacial score (nSPS) is 10.1. The number of nitro groups is 1. The highest BCUT2D eigenvalue weighted by Crippen LogP contribution is 2.27. The third-order valence-electron chi connectivity index (χ3n) is 3.21. The Hall–Kier alpha value is -2.88. The van der Waals surface area contributed by atoms with Gasteiger partial charge in [-0.1, -0.05) is 6.07 Å². The van der Waals surface area contributed by atoms with Crippen molar-refractivity contribution < 1.29 is 4.92 Å². The number of hydrogen-bond donors (Lipinski definition) is 2. The van der Waals surface area contributed by atoms with Crippen LogP contribution in [0.1, 0.15) is 23.2 Å². The summed E-state index contributed by atoms with van der Waals surface area (Å²) in [5, 5.41) is 29.8. The Balaban J connectivity index is 1.99. The SMILES string of the molecule is Cc1[nH]ncc1CCCNc1cccc(C#N)c1[N+](=O)[O-]. The van der Waals surface area contributed by atoms with Crippen LogP contribution in [0.15, 0.2) is 24.4 Å². The maximum atomic E-state index is 11.1. The molecule has 0 saturated carbocycles. The van der Waals surface area contributed by atoms with Crippen LogP contribution in [-0.4, -0.2) is 21.7 Å². The highest BCUT2D eigenvalue weighted by molar-refractivity contribution is 5.68. The first-order chi connectivity index (χ1) is 10.1. The van der Waals surface area contributed by atoms with Crippen LogP contribution in [0.25, 0.3) is 0 Å². The minimum atomic E-state index is -0.527. The van der Waals surface area contributed by atoms with Crippen LogP contribution >= 0.6 is 0 Å². The number of nitriles is 1. The lowest BCUT2D eigenvalue weighted by molar-refractivity contribution is -0.384. The fourth-order valence-corrected chi connectivity index (χ4v) is 2.10. The number of anilines is 1. The molecule has 2 N–H and O–H groups in total. The summed E-state index contributed by atoms with van der Waals surface area (Å²) in [5.41, 5.74) is 2.45. The fraction of sp³-hybridized carbons (Fsp3) is 0.286. The standard InChI is InChI=1S/C14H15N5O2/c1-10-12(9-17-18-10)5-3-7-16-13-6-2-4-11(8-15)14(13)19(20)21/h2,4,6,9,16H,3,5,7H2,1H3,(H,17,18). The van der Waals surface area contributed by atoms with E-state index in [4.69, 9.17) is 5.26 Å². The van der Waals surface area contributed by atoms with E-state index < -0.39 is 4.92 Å². The second kappa shape index (κ2) is 6.52. The van der Waals surface area contributed by atoms with Crippen LogP contribution < -0.4 is 5.32 Å². The second-order valence-electron chi connectivity index (χ2n) is 4.62. The zero-order chi connectivity index (χ0) is 15.2. The van der Waals surface area contributed by atoms with Crippen LogP contribution in [0, 0.1) is 28.4 Å². The van der Waals surface area contributed by atoms with Gasteiger partial charge in [-0.25, -0.2) is 0 Å². The number of aromatic amines is 1. The number of hydrogen-bond acceptors (Lipinski definition) is 5. The average molecular weight is 285 g/mol. The third kappa shape index (κ3) is 3.36. The molecular weight excluding hydrogens is 270 g/mol. The van der Waals surface area contributed by atoms with Crippen LogP contribution in [0.3, 0.4) is 0 Å². The number of rotatable bonds is 6. The first-order valence-electron chi connectivity index (χ1n) is 6.53. The van der Waals surface area contributed by atoms with E-state index in [0.29, 0.717) is 12.2 Å². The van der Waals surface area contributed by atoms with E-state index in [1.54, 1.807) is 18.3 Å². The minimum absolute atomic E-state index is 0.0654. The van der Waals surface area contributed by atoms with Crippen molar-refractivity contribution in [3.05, 3.63) is 51.3 Å². The van der Waals surface area contributed by atoms with Crippen LogP contribution in [-0.2, 0) is 6.42 Å². The second-order valence-corrected chi connectivity index (χ2v) is 4.62. The maximum Gasteiger partial charge on any atom is 0.309 e. The molecule has 0 aliphatic carbocycles. The topological polar surface area (TPSA) is 108 Å². The number of H-pyrrole nitrogens is 1. The quantitative estimate of drug-likeness (QED) is 0.481. The summed E-state index contributed by atoms with van der Waals surface area (Å²) < 4.78 is 0. The van der Waals surface area contributed by atoms with Crippen molar-refractivity contribution in [2.24, 2.45) is 0 Å². The van der Waals surface area contributed by atoms with Gasteiger partial charge in [0.1, 0.15) is 17.3 Å². The molecule has 1 aromatic heterocycles. The molecule has 0 aliphatic heterocycles. The van der Waals surface area contributed by atoms with Gasteiger partial charge >= 0.3 is 5.69 Å². The summed E-state index contributed by atoms with van der Waals surface area (Å²) in [6, 6.07) is 6.53. The highest BCUT2D eigenvalue weighted by atomic mass is 16.6. The molecule has 0 unspecified atom stereocenters. The number of nitrogens with zero attached hydrogens (tertiary/aromatic N) is 3. The summed E-state index contributed by atoms with van der Waals surface area (Å²) in [4.78, 5) is 10.5. The van der Waals surface area contributed by atoms with Gasteiger partial charge in [-0.15, -0.1) is 0 Å². The van der Waals surface area contributed by atoms with Crippen molar-refractivity contribution in [3.63, 3.8) is 0 Å². The maximum absolute atomic E-state index is 11.1. The molecule has 0 amide bonds. The number of para-hydroxylation sites is 1. The van der Waals surface area contributed by atoms with Gasteiger partial charge in [-0.05, 0) is 37.5 Å². The van der Waals surface area contributed by atoms with E-state index in [0.717, 1.165) is 24.1 Å². The van der Waals surface area contributed by atoms with Gasteiger partial charge in [-0.2, -0.15) is 10.4 Å². The first kappa shape index (κ1) is 14.5. The van der Waals surface area contributed by atoms with Crippen LogP contribution in [0.5, 0.6) is 0 Å². The van der Waals surface area contributed by atoms with Crippen molar-refractivity contribution in [3.8, 4) is 6.07 Å². The molecule has 1 aromatic carbocycles. The van der Waals surface area contributed by atoms with E-state index in [1.165, 1.54) is 6.07 Å². The summed E-state index contributed by atoms with van der Waals surface area (Å²) >= 11 is 0. The third-order valence-corrected chi connectivity index (χ3v) is 3.21. The molecule has 2 rings (SSSR count). The van der Waals surface area contributed by atoms with E-state index in [-0.39, 0.29) is 11.3 Å². The first-order valence-corrected chi connectivity index (χ1v) is 6.53. The van der Waals surface area contributed by atoms with Gasteiger partial charge in [0.2, 0.25) is 0 Å². The molecule has 0 saturated heterocycles. The summed E-state index contributed by atoms with van der Waals surface area (Å²) in [6.45, 7) is 2.54. The van der Waals surface area contributed by atoms with E-state index in [9.17, 15) is 10.1 Å². The van der Waals surface area contributed by atoms with Gasteiger partial charge in [-0.3, -0.25) is 15.2 Å². The van der Waals surface area contributed by atoms with Crippen LogP contribution in [0.4, 0.5) is 11.4 Å². The molecular formula is C14H15N5O2. The molecule has 0 radical (unpaired) electrons. The predicted molar refractivity (Wildman–Crippen MR) is 77.9 cm³/mol. The number of nitro benzene ring substituents is 1. The van der Waals surface area contributed by atoms with E-state index in [2.05, 4.69) is 15.5 Å². The Morgan fingerprint density at radius 1 is 1.52 bits per heavy atom. The average Bonchev–Trinajstić information content (AvgIpc) is 2.88. The lowest BCUT2D eigenvalue weighted by Gasteiger charge is -2.07. The predicted octanol–water partition coefficient (Wildman–Crippen LogP) is 2.54. The summed E-state index contributed by atoms with van der Waals surface area (Å²) in [6.07, 6.45) is 3.43.